The number of rotatable bonds is 34. The van der Waals surface area contributed by atoms with Crippen LogP contribution in [0.4, 0.5) is 0 Å². The standard InChI is InChI=1S/C44H75NO3/c1-3-5-7-9-11-13-15-17-18-19-20-21-22-23-24-25-26-28-29-31-33-35-37-39-43(47)42(41-46)45-44(48)40-38-36-34-32-30-27-16-14-12-10-8-6-4-2/h6,8,12,14,24-25,27,29-31,34,36-37,39,42-43,46-47H,3-5,7,9-11,13,15-23,26,28,32-33,35,38,40-41H2,1-2H3,(H,45,48)/b8-6-,14-12-,25-24+,30-27-,31-29+,36-34-,39-37+. The van der Waals surface area contributed by atoms with E-state index in [4.69, 9.17) is 0 Å². The van der Waals surface area contributed by atoms with Crippen molar-refractivity contribution >= 4 is 5.91 Å². The number of nitrogens with one attached hydrogen (secondary N) is 1. The van der Waals surface area contributed by atoms with Crippen LogP contribution in [0, 0.1) is 0 Å². The Labute approximate surface area is 297 Å². The van der Waals surface area contributed by atoms with Crippen LogP contribution in [0.25, 0.3) is 0 Å². The highest BCUT2D eigenvalue weighted by Gasteiger charge is 2.17. The zero-order valence-corrected chi connectivity index (χ0v) is 31.2. The average molecular weight is 666 g/mol. The number of unbranched alkanes of at least 4 members (excludes halogenated alkanes) is 15. The van der Waals surface area contributed by atoms with Crippen LogP contribution in [0.15, 0.2) is 85.1 Å². The van der Waals surface area contributed by atoms with Crippen molar-refractivity contribution < 1.29 is 15.0 Å². The number of amides is 1. The molecule has 274 valence electrons. The second-order valence-electron chi connectivity index (χ2n) is 12.9. The molecule has 0 aliphatic rings. The molecule has 4 nitrogen and oxygen atoms in total. The lowest BCUT2D eigenvalue weighted by molar-refractivity contribution is -0.122. The number of allylic oxidation sites excluding steroid dienone is 13. The Kier molecular flexibility index (Phi) is 37.0. The maximum Gasteiger partial charge on any atom is 0.220 e. The molecule has 0 radical (unpaired) electrons. The Balaban J connectivity index is 3.76. The summed E-state index contributed by atoms with van der Waals surface area (Å²) in [6, 6.07) is -0.687. The number of carbonyl (C=O) groups excluding carboxylic acids is 1. The van der Waals surface area contributed by atoms with Gasteiger partial charge in [0.2, 0.25) is 5.91 Å². The Morgan fingerprint density at radius 3 is 1.44 bits per heavy atom. The van der Waals surface area contributed by atoms with Crippen LogP contribution in [-0.2, 0) is 4.79 Å². The minimum absolute atomic E-state index is 0.162. The first-order valence-electron chi connectivity index (χ1n) is 19.8. The highest BCUT2D eigenvalue weighted by molar-refractivity contribution is 5.76. The van der Waals surface area contributed by atoms with E-state index in [0.717, 1.165) is 51.4 Å². The van der Waals surface area contributed by atoms with Crippen molar-refractivity contribution in [3.05, 3.63) is 85.1 Å². The lowest BCUT2D eigenvalue weighted by Gasteiger charge is -2.19. The normalized spacial score (nSPS) is 14.0. The van der Waals surface area contributed by atoms with Crippen molar-refractivity contribution in [2.75, 3.05) is 6.61 Å². The molecule has 0 saturated heterocycles. The lowest BCUT2D eigenvalue weighted by atomic mass is 10.0. The molecule has 0 aliphatic heterocycles. The summed E-state index contributed by atoms with van der Waals surface area (Å²) in [5, 5.41) is 22.8. The molecule has 0 aliphatic carbocycles. The molecule has 2 unspecified atom stereocenters. The molecule has 0 aromatic rings. The van der Waals surface area contributed by atoms with Gasteiger partial charge in [0, 0.05) is 6.42 Å². The van der Waals surface area contributed by atoms with Gasteiger partial charge in [-0.15, -0.1) is 0 Å². The van der Waals surface area contributed by atoms with E-state index in [1.165, 1.54) is 89.9 Å². The lowest BCUT2D eigenvalue weighted by Crippen LogP contribution is -2.45. The fraction of sp³-hybridized carbons (Fsp3) is 0.659. The quantitative estimate of drug-likeness (QED) is 0.0473. The van der Waals surface area contributed by atoms with E-state index in [9.17, 15) is 15.0 Å². The molecule has 48 heavy (non-hydrogen) atoms. The molecule has 1 amide bonds. The second-order valence-corrected chi connectivity index (χ2v) is 12.9. The van der Waals surface area contributed by atoms with E-state index in [1.54, 1.807) is 6.08 Å². The van der Waals surface area contributed by atoms with Crippen LogP contribution in [0.5, 0.6) is 0 Å². The summed E-state index contributed by atoms with van der Waals surface area (Å²) in [7, 11) is 0. The molecular weight excluding hydrogens is 590 g/mol. The van der Waals surface area contributed by atoms with Gasteiger partial charge in [0.1, 0.15) is 0 Å². The van der Waals surface area contributed by atoms with Crippen molar-refractivity contribution in [1.82, 2.24) is 5.32 Å². The molecule has 0 fully saturated rings. The highest BCUT2D eigenvalue weighted by atomic mass is 16.3. The average Bonchev–Trinajstić information content (AvgIpc) is 3.09. The zero-order valence-electron chi connectivity index (χ0n) is 31.2. The number of aliphatic hydroxyl groups is 2. The van der Waals surface area contributed by atoms with Crippen molar-refractivity contribution in [2.45, 2.75) is 180 Å². The summed E-state index contributed by atoms with van der Waals surface area (Å²) in [4.78, 5) is 12.3. The van der Waals surface area contributed by atoms with E-state index in [2.05, 4.69) is 86.0 Å². The summed E-state index contributed by atoms with van der Waals surface area (Å²) in [6.45, 7) is 4.12. The molecule has 2 atom stereocenters. The third-order valence-electron chi connectivity index (χ3n) is 8.35. The second kappa shape index (κ2) is 39.0. The minimum atomic E-state index is -0.902. The van der Waals surface area contributed by atoms with E-state index in [1.807, 2.05) is 12.2 Å². The first-order chi connectivity index (χ1) is 23.7. The molecule has 3 N–H and O–H groups in total. The Hall–Kier alpha value is -2.43. The first-order valence-corrected chi connectivity index (χ1v) is 19.8. The molecule has 4 heteroatoms. The van der Waals surface area contributed by atoms with Crippen LogP contribution >= 0.6 is 0 Å². The minimum Gasteiger partial charge on any atom is -0.394 e. The smallest absolute Gasteiger partial charge is 0.220 e. The van der Waals surface area contributed by atoms with Crippen LogP contribution in [0.3, 0.4) is 0 Å². The highest BCUT2D eigenvalue weighted by Crippen LogP contribution is 2.13. The predicted octanol–water partition coefficient (Wildman–Crippen LogP) is 12.1. The van der Waals surface area contributed by atoms with Crippen molar-refractivity contribution in [3.8, 4) is 0 Å². The summed E-state index contributed by atoms with van der Waals surface area (Å²) in [5.41, 5.74) is 0. The van der Waals surface area contributed by atoms with Crippen LogP contribution in [0.1, 0.15) is 168 Å². The topological polar surface area (TPSA) is 69.6 Å². The fourth-order valence-corrected chi connectivity index (χ4v) is 5.34. The van der Waals surface area contributed by atoms with Gasteiger partial charge in [-0.1, -0.05) is 176 Å². The molecule has 0 spiro atoms. The third-order valence-corrected chi connectivity index (χ3v) is 8.35. The number of aliphatic hydroxyl groups excluding tert-OH is 2. The Morgan fingerprint density at radius 2 is 0.938 bits per heavy atom. The number of hydrogen-bond acceptors (Lipinski definition) is 3. The van der Waals surface area contributed by atoms with E-state index in [-0.39, 0.29) is 12.5 Å². The van der Waals surface area contributed by atoms with Crippen molar-refractivity contribution in [2.24, 2.45) is 0 Å². The largest absolute Gasteiger partial charge is 0.394 e. The van der Waals surface area contributed by atoms with Gasteiger partial charge in [-0.2, -0.15) is 0 Å². The Morgan fingerprint density at radius 1 is 0.521 bits per heavy atom. The van der Waals surface area contributed by atoms with E-state index >= 15 is 0 Å². The molecule has 0 saturated carbocycles. The van der Waals surface area contributed by atoms with Gasteiger partial charge in [0.25, 0.3) is 0 Å². The van der Waals surface area contributed by atoms with Gasteiger partial charge in [0.15, 0.2) is 0 Å². The van der Waals surface area contributed by atoms with Crippen LogP contribution < -0.4 is 5.32 Å². The van der Waals surface area contributed by atoms with E-state index in [0.29, 0.717) is 12.8 Å². The first kappa shape index (κ1) is 45.6. The summed E-state index contributed by atoms with van der Waals surface area (Å²) in [5.74, 6) is -0.162. The molecule has 0 bridgehead atoms. The molecule has 0 heterocycles. The van der Waals surface area contributed by atoms with Gasteiger partial charge in [-0.05, 0) is 70.6 Å². The zero-order chi connectivity index (χ0) is 35.0. The molecule has 0 rings (SSSR count). The van der Waals surface area contributed by atoms with Crippen molar-refractivity contribution in [1.29, 1.82) is 0 Å². The SMILES string of the molecule is CC/C=C\C/C=C\C/C=C\C/C=C\CCC(=O)NC(CO)C(O)/C=C/CC/C=C/CC/C=C/CCCCCCCCCCCCCCC. The van der Waals surface area contributed by atoms with Crippen LogP contribution in [0.2, 0.25) is 0 Å². The Bertz CT molecular complexity index is 895. The molecule has 0 aromatic heterocycles. The van der Waals surface area contributed by atoms with Gasteiger partial charge < -0.3 is 15.5 Å². The van der Waals surface area contributed by atoms with Gasteiger partial charge >= 0.3 is 0 Å². The fourth-order valence-electron chi connectivity index (χ4n) is 5.34. The van der Waals surface area contributed by atoms with E-state index < -0.39 is 12.1 Å². The third kappa shape index (κ3) is 34.9. The summed E-state index contributed by atoms with van der Waals surface area (Å²) in [6.07, 6.45) is 57.0. The number of carbonyl (C=O) groups is 1. The van der Waals surface area contributed by atoms with Gasteiger partial charge in [0.05, 0.1) is 18.8 Å². The molecule has 0 aromatic carbocycles. The van der Waals surface area contributed by atoms with Crippen LogP contribution in [-0.4, -0.2) is 34.9 Å². The monoisotopic (exact) mass is 666 g/mol. The van der Waals surface area contributed by atoms with Gasteiger partial charge in [-0.25, -0.2) is 0 Å². The predicted molar refractivity (Wildman–Crippen MR) is 211 cm³/mol. The van der Waals surface area contributed by atoms with Gasteiger partial charge in [-0.3, -0.25) is 4.79 Å². The summed E-state index contributed by atoms with van der Waals surface area (Å²) >= 11 is 0. The maximum atomic E-state index is 12.3. The molecular formula is C44H75NO3. The summed E-state index contributed by atoms with van der Waals surface area (Å²) < 4.78 is 0. The maximum absolute atomic E-state index is 12.3. The number of hydrogen-bond donors (Lipinski definition) is 3. The van der Waals surface area contributed by atoms with Crippen molar-refractivity contribution in [3.63, 3.8) is 0 Å².